The average molecular weight is 330 g/mol. The number of benzene rings is 1. The molecule has 0 radical (unpaired) electrons. The van der Waals surface area contributed by atoms with Crippen molar-refractivity contribution in [2.24, 2.45) is 5.41 Å². The van der Waals surface area contributed by atoms with E-state index in [-0.39, 0.29) is 5.41 Å². The molecular weight excluding hydrogens is 302 g/mol. The number of nitrogens with one attached hydrogen (secondary N) is 1. The van der Waals surface area contributed by atoms with Crippen molar-refractivity contribution in [2.45, 2.75) is 49.9 Å². The Morgan fingerprint density at radius 3 is 2.19 bits per heavy atom. The van der Waals surface area contributed by atoms with Gasteiger partial charge < -0.3 is 5.32 Å². The summed E-state index contributed by atoms with van der Waals surface area (Å²) in [6.45, 7) is 9.92. The summed E-state index contributed by atoms with van der Waals surface area (Å²) in [7, 11) is -3.11. The molecule has 5 heteroatoms. The van der Waals surface area contributed by atoms with E-state index in [1.54, 1.807) is 23.9 Å². The second-order valence-electron chi connectivity index (χ2n) is 6.43. The van der Waals surface area contributed by atoms with E-state index in [2.05, 4.69) is 33.0 Å². The van der Waals surface area contributed by atoms with Crippen LogP contribution in [0.1, 0.15) is 34.1 Å². The molecule has 0 bridgehead atoms. The predicted octanol–water partition coefficient (Wildman–Crippen LogP) is 3.60. The average Bonchev–Trinajstić information content (AvgIpc) is 2.36. The summed E-state index contributed by atoms with van der Waals surface area (Å²) in [4.78, 5) is 1.48. The fourth-order valence-corrected chi connectivity index (χ4v) is 3.83. The minimum Gasteiger partial charge on any atom is -0.313 e. The van der Waals surface area contributed by atoms with Gasteiger partial charge in [-0.2, -0.15) is 0 Å². The second kappa shape index (κ2) is 7.65. The van der Waals surface area contributed by atoms with Gasteiger partial charge >= 0.3 is 0 Å². The van der Waals surface area contributed by atoms with Crippen molar-refractivity contribution in [1.82, 2.24) is 5.32 Å². The minimum absolute atomic E-state index is 0.203. The van der Waals surface area contributed by atoms with Crippen molar-refractivity contribution in [3.05, 3.63) is 24.3 Å². The first-order valence-corrected chi connectivity index (χ1v) is 10.2. The van der Waals surface area contributed by atoms with Crippen LogP contribution in [0.3, 0.4) is 0 Å². The minimum atomic E-state index is -3.11. The smallest absolute Gasteiger partial charge is 0.175 e. The van der Waals surface area contributed by atoms with Crippen LogP contribution in [-0.2, 0) is 9.84 Å². The van der Waals surface area contributed by atoms with Gasteiger partial charge in [-0.15, -0.1) is 11.8 Å². The quantitative estimate of drug-likeness (QED) is 0.777. The zero-order valence-electron chi connectivity index (χ0n) is 13.6. The van der Waals surface area contributed by atoms with Crippen molar-refractivity contribution < 1.29 is 8.42 Å². The highest BCUT2D eigenvalue weighted by atomic mass is 32.2. The maximum absolute atomic E-state index is 11.4. The summed E-state index contributed by atoms with van der Waals surface area (Å²) in [6.07, 6.45) is 2.36. The Hall–Kier alpha value is -0.520. The van der Waals surface area contributed by atoms with E-state index in [9.17, 15) is 8.42 Å². The molecule has 1 rings (SSSR count). The first-order chi connectivity index (χ1) is 9.64. The van der Waals surface area contributed by atoms with Crippen LogP contribution in [0, 0.1) is 5.41 Å². The molecule has 1 aromatic rings. The van der Waals surface area contributed by atoms with Crippen LogP contribution in [0.2, 0.25) is 0 Å². The van der Waals surface area contributed by atoms with Crippen LogP contribution in [-0.4, -0.2) is 33.0 Å². The molecule has 1 aromatic carbocycles. The van der Waals surface area contributed by atoms with Crippen molar-refractivity contribution >= 4 is 21.6 Å². The van der Waals surface area contributed by atoms with Gasteiger partial charge in [0.05, 0.1) is 4.90 Å². The molecule has 3 nitrogen and oxygen atoms in total. The van der Waals surface area contributed by atoms with Gasteiger partial charge in [-0.25, -0.2) is 8.42 Å². The standard InChI is InChI=1S/C16H27NO2S2/c1-6-11-17-15(16(2,3)4)12-20-13-7-9-14(10-8-13)21(5,18)19/h7-10,15,17H,6,11-12H2,1-5H3. The van der Waals surface area contributed by atoms with Crippen LogP contribution in [0.15, 0.2) is 34.1 Å². The predicted molar refractivity (Wildman–Crippen MR) is 91.8 cm³/mol. The van der Waals surface area contributed by atoms with Crippen LogP contribution in [0.25, 0.3) is 0 Å². The summed E-state index contributed by atoms with van der Waals surface area (Å²) < 4.78 is 22.9. The largest absolute Gasteiger partial charge is 0.313 e. The summed E-state index contributed by atoms with van der Waals surface area (Å²) in [5.74, 6) is 0.974. The van der Waals surface area contributed by atoms with E-state index in [0.717, 1.165) is 23.6 Å². The summed E-state index contributed by atoms with van der Waals surface area (Å²) in [6, 6.07) is 7.57. The lowest BCUT2D eigenvalue weighted by molar-refractivity contribution is 0.292. The highest BCUT2D eigenvalue weighted by Crippen LogP contribution is 2.27. The molecule has 0 heterocycles. The Balaban J connectivity index is 2.68. The summed E-state index contributed by atoms with van der Waals surface area (Å²) in [5.41, 5.74) is 0.203. The topological polar surface area (TPSA) is 46.2 Å². The Bertz CT molecular complexity index is 530. The Kier molecular flexibility index (Phi) is 6.75. The van der Waals surface area contributed by atoms with Crippen molar-refractivity contribution in [3.8, 4) is 0 Å². The molecule has 0 spiro atoms. The number of rotatable bonds is 7. The van der Waals surface area contributed by atoms with Gasteiger partial charge in [0.1, 0.15) is 0 Å². The van der Waals surface area contributed by atoms with Gasteiger partial charge in [0.15, 0.2) is 9.84 Å². The monoisotopic (exact) mass is 329 g/mol. The molecule has 0 aliphatic heterocycles. The molecule has 120 valence electrons. The maximum Gasteiger partial charge on any atom is 0.175 e. The lowest BCUT2D eigenvalue weighted by Crippen LogP contribution is -2.42. The van der Waals surface area contributed by atoms with Crippen LogP contribution < -0.4 is 5.32 Å². The van der Waals surface area contributed by atoms with E-state index in [4.69, 9.17) is 0 Å². The summed E-state index contributed by atoms with van der Waals surface area (Å²) >= 11 is 1.77. The number of thioether (sulfide) groups is 1. The van der Waals surface area contributed by atoms with E-state index in [1.807, 2.05) is 12.1 Å². The summed E-state index contributed by atoms with van der Waals surface area (Å²) in [5, 5.41) is 3.60. The molecule has 21 heavy (non-hydrogen) atoms. The molecule has 0 fully saturated rings. The molecule has 0 saturated heterocycles. The number of hydrogen-bond donors (Lipinski definition) is 1. The SMILES string of the molecule is CCCNC(CSc1ccc(S(C)(=O)=O)cc1)C(C)(C)C. The van der Waals surface area contributed by atoms with Gasteiger partial charge in [-0.3, -0.25) is 0 Å². The third-order valence-electron chi connectivity index (χ3n) is 3.35. The molecule has 1 N–H and O–H groups in total. The van der Waals surface area contributed by atoms with E-state index < -0.39 is 9.84 Å². The zero-order valence-corrected chi connectivity index (χ0v) is 15.3. The molecule has 1 unspecified atom stereocenters. The Labute approximate surface area is 133 Å². The first kappa shape index (κ1) is 18.5. The van der Waals surface area contributed by atoms with Crippen molar-refractivity contribution in [3.63, 3.8) is 0 Å². The van der Waals surface area contributed by atoms with Gasteiger partial charge in [-0.05, 0) is 42.6 Å². The highest BCUT2D eigenvalue weighted by molar-refractivity contribution is 7.99. The molecule has 0 amide bonds. The Morgan fingerprint density at radius 1 is 1.19 bits per heavy atom. The van der Waals surface area contributed by atoms with Gasteiger partial charge in [0.25, 0.3) is 0 Å². The van der Waals surface area contributed by atoms with Crippen LogP contribution in [0.4, 0.5) is 0 Å². The van der Waals surface area contributed by atoms with Crippen LogP contribution >= 0.6 is 11.8 Å². The highest BCUT2D eigenvalue weighted by Gasteiger charge is 2.23. The zero-order chi connectivity index (χ0) is 16.1. The maximum atomic E-state index is 11.4. The molecule has 0 saturated carbocycles. The molecule has 0 aromatic heterocycles. The third-order valence-corrected chi connectivity index (χ3v) is 5.59. The molecule has 0 aliphatic rings. The first-order valence-electron chi connectivity index (χ1n) is 7.31. The third kappa shape index (κ3) is 6.41. The van der Waals surface area contributed by atoms with Gasteiger partial charge in [-0.1, -0.05) is 27.7 Å². The molecule has 1 atom stereocenters. The number of sulfone groups is 1. The fourth-order valence-electron chi connectivity index (χ4n) is 1.90. The lowest BCUT2D eigenvalue weighted by atomic mass is 9.88. The number of hydrogen-bond acceptors (Lipinski definition) is 4. The van der Waals surface area contributed by atoms with Crippen LogP contribution in [0.5, 0.6) is 0 Å². The fraction of sp³-hybridized carbons (Fsp3) is 0.625. The van der Waals surface area contributed by atoms with Crippen molar-refractivity contribution in [1.29, 1.82) is 0 Å². The van der Waals surface area contributed by atoms with E-state index in [1.165, 1.54) is 6.26 Å². The van der Waals surface area contributed by atoms with E-state index >= 15 is 0 Å². The van der Waals surface area contributed by atoms with Crippen molar-refractivity contribution in [2.75, 3.05) is 18.6 Å². The lowest BCUT2D eigenvalue weighted by Gasteiger charge is -2.31. The second-order valence-corrected chi connectivity index (χ2v) is 9.54. The normalized spacial score (nSPS) is 14.1. The van der Waals surface area contributed by atoms with Gasteiger partial charge in [0.2, 0.25) is 0 Å². The van der Waals surface area contributed by atoms with Gasteiger partial charge in [0, 0.05) is 22.9 Å². The molecule has 0 aliphatic carbocycles. The van der Waals surface area contributed by atoms with E-state index in [0.29, 0.717) is 10.9 Å². The Morgan fingerprint density at radius 2 is 1.76 bits per heavy atom. The molecular formula is C16H27NO2S2.